The molecule has 0 heterocycles. The van der Waals surface area contributed by atoms with E-state index in [1.54, 1.807) is 18.2 Å². The Morgan fingerprint density at radius 3 is 2.55 bits per heavy atom. The van der Waals surface area contributed by atoms with Crippen LogP contribution >= 0.6 is 11.6 Å². The van der Waals surface area contributed by atoms with Gasteiger partial charge in [0.1, 0.15) is 18.1 Å². The van der Waals surface area contributed by atoms with Crippen LogP contribution in [0.25, 0.3) is 0 Å². The minimum atomic E-state index is -1.15. The summed E-state index contributed by atoms with van der Waals surface area (Å²) in [7, 11) is 0. The van der Waals surface area contributed by atoms with Crippen molar-refractivity contribution in [3.05, 3.63) is 124 Å². The summed E-state index contributed by atoms with van der Waals surface area (Å²) in [5.74, 6) is -0.336. The molecule has 0 spiro atoms. The van der Waals surface area contributed by atoms with E-state index in [4.69, 9.17) is 21.1 Å². The van der Waals surface area contributed by atoms with E-state index < -0.39 is 18.2 Å². The van der Waals surface area contributed by atoms with E-state index >= 15 is 0 Å². The lowest BCUT2D eigenvalue weighted by molar-refractivity contribution is 0.0696. The molecular formula is C33H31ClN2O6. The Kier molecular flexibility index (Phi) is 9.38. The van der Waals surface area contributed by atoms with E-state index in [1.807, 2.05) is 60.7 Å². The molecule has 0 fully saturated rings. The lowest BCUT2D eigenvalue weighted by Gasteiger charge is -2.27. The maximum Gasteiger partial charge on any atom is 0.411 e. The molecule has 0 aromatic heterocycles. The summed E-state index contributed by atoms with van der Waals surface area (Å²) in [6.07, 6.45) is 1.20. The molecule has 1 amide bonds. The standard InChI is InChI=1S/C33H31ClN2O6/c34-26-8-4-7-23(13-26)31(37)19-35-27-11-9-22-10-12-29(16-24(22)14-27)42-30-17-25(32(38)39)15-28(18-30)36-33(40)41-20-21-5-2-1-3-6-21/h1-8,10,12-13,15-18,27,31,35,37H,9,11,14,19-20H2,(H,36,40)(H,38,39)/t27-,31-/m0/s1. The molecule has 4 aromatic carbocycles. The number of amides is 1. The molecule has 1 aliphatic carbocycles. The largest absolute Gasteiger partial charge is 0.478 e. The summed E-state index contributed by atoms with van der Waals surface area (Å²) in [5, 5.41) is 26.8. The van der Waals surface area contributed by atoms with Crippen LogP contribution in [0.4, 0.5) is 10.5 Å². The Balaban J connectivity index is 1.22. The van der Waals surface area contributed by atoms with Crippen molar-refractivity contribution in [3.8, 4) is 11.5 Å². The third-order valence-electron chi connectivity index (χ3n) is 7.09. The van der Waals surface area contributed by atoms with Crippen molar-refractivity contribution in [1.29, 1.82) is 0 Å². The molecule has 0 saturated carbocycles. The summed E-state index contributed by atoms with van der Waals surface area (Å²) < 4.78 is 11.3. The van der Waals surface area contributed by atoms with Crippen LogP contribution in [-0.2, 0) is 24.2 Å². The average Bonchev–Trinajstić information content (AvgIpc) is 2.99. The van der Waals surface area contributed by atoms with Crippen molar-refractivity contribution in [1.82, 2.24) is 5.32 Å². The number of aromatic carboxylic acids is 1. The molecule has 9 heteroatoms. The number of fused-ring (bicyclic) bond motifs is 1. The monoisotopic (exact) mass is 586 g/mol. The smallest absolute Gasteiger partial charge is 0.411 e. The fourth-order valence-electron chi connectivity index (χ4n) is 4.95. The Hall–Kier alpha value is -4.37. The number of anilines is 1. The number of ether oxygens (including phenoxy) is 2. The predicted octanol–water partition coefficient (Wildman–Crippen LogP) is 6.76. The second kappa shape index (κ2) is 13.5. The number of hydrogen-bond donors (Lipinski definition) is 4. The average molecular weight is 587 g/mol. The number of carboxylic acids is 1. The van der Waals surface area contributed by atoms with Crippen LogP contribution in [0.15, 0.2) is 91.0 Å². The predicted molar refractivity (Wildman–Crippen MR) is 160 cm³/mol. The minimum absolute atomic E-state index is 0.0358. The van der Waals surface area contributed by atoms with Crippen LogP contribution in [0.2, 0.25) is 5.02 Å². The second-order valence-electron chi connectivity index (χ2n) is 10.2. The molecule has 0 saturated heterocycles. The molecule has 0 unspecified atom stereocenters. The van der Waals surface area contributed by atoms with E-state index in [2.05, 4.69) is 10.6 Å². The van der Waals surface area contributed by atoms with Crippen molar-refractivity contribution >= 4 is 29.4 Å². The highest BCUT2D eigenvalue weighted by molar-refractivity contribution is 6.30. The first-order chi connectivity index (χ1) is 20.3. The number of nitrogens with one attached hydrogen (secondary N) is 2. The second-order valence-corrected chi connectivity index (χ2v) is 10.6. The van der Waals surface area contributed by atoms with Gasteiger partial charge in [-0.1, -0.05) is 60.1 Å². The van der Waals surface area contributed by atoms with Crippen LogP contribution in [0.3, 0.4) is 0 Å². The number of rotatable bonds is 10. The zero-order chi connectivity index (χ0) is 29.5. The fraction of sp³-hybridized carbons (Fsp3) is 0.212. The zero-order valence-electron chi connectivity index (χ0n) is 22.8. The van der Waals surface area contributed by atoms with Gasteiger partial charge in [0, 0.05) is 29.4 Å². The van der Waals surface area contributed by atoms with Crippen LogP contribution in [-0.4, -0.2) is 34.9 Å². The molecule has 0 radical (unpaired) electrons. The number of aryl methyl sites for hydroxylation is 1. The molecule has 1 aliphatic rings. The van der Waals surface area contributed by atoms with Crippen molar-refractivity contribution in [3.63, 3.8) is 0 Å². The summed E-state index contributed by atoms with van der Waals surface area (Å²) >= 11 is 6.06. The third-order valence-corrected chi connectivity index (χ3v) is 7.32. The SMILES string of the molecule is O=C(Nc1cc(Oc2ccc3c(c2)C[C@@H](NC[C@H](O)c2cccc(Cl)c2)CC3)cc(C(=O)O)c1)OCc1ccccc1. The van der Waals surface area contributed by atoms with Gasteiger partial charge in [-0.3, -0.25) is 5.32 Å². The maximum atomic E-state index is 12.4. The first-order valence-electron chi connectivity index (χ1n) is 13.6. The molecule has 0 aliphatic heterocycles. The van der Waals surface area contributed by atoms with Gasteiger partial charge in [-0.2, -0.15) is 0 Å². The minimum Gasteiger partial charge on any atom is -0.478 e. The number of hydrogen-bond acceptors (Lipinski definition) is 6. The van der Waals surface area contributed by atoms with E-state index in [0.29, 0.717) is 17.3 Å². The molecular weight excluding hydrogens is 556 g/mol. The van der Waals surface area contributed by atoms with Gasteiger partial charge in [0.25, 0.3) is 0 Å². The first-order valence-corrected chi connectivity index (χ1v) is 14.0. The van der Waals surface area contributed by atoms with Crippen molar-refractivity contribution in [2.24, 2.45) is 0 Å². The number of aliphatic hydroxyl groups excluding tert-OH is 1. The Labute approximate surface area is 248 Å². The topological polar surface area (TPSA) is 117 Å². The number of benzene rings is 4. The number of carboxylic acid groups (broad SMARTS) is 1. The van der Waals surface area contributed by atoms with Gasteiger partial charge in [0.2, 0.25) is 0 Å². The fourth-order valence-corrected chi connectivity index (χ4v) is 5.15. The van der Waals surface area contributed by atoms with Gasteiger partial charge in [-0.15, -0.1) is 0 Å². The van der Waals surface area contributed by atoms with Crippen LogP contribution in [0.1, 0.15) is 45.1 Å². The lowest BCUT2D eigenvalue weighted by Crippen LogP contribution is -2.37. The van der Waals surface area contributed by atoms with E-state index in [1.165, 1.54) is 17.7 Å². The van der Waals surface area contributed by atoms with Crippen LogP contribution < -0.4 is 15.4 Å². The molecule has 216 valence electrons. The third kappa shape index (κ3) is 7.88. The van der Waals surface area contributed by atoms with Gasteiger partial charge in [0.05, 0.1) is 11.7 Å². The number of carbonyl (C=O) groups excluding carboxylic acids is 1. The van der Waals surface area contributed by atoms with Crippen LogP contribution in [0.5, 0.6) is 11.5 Å². The first kappa shape index (κ1) is 29.1. The molecule has 2 atom stereocenters. The zero-order valence-corrected chi connectivity index (χ0v) is 23.5. The van der Waals surface area contributed by atoms with Crippen LogP contribution in [0, 0.1) is 0 Å². The normalized spacial score (nSPS) is 14.9. The van der Waals surface area contributed by atoms with Gasteiger partial charge >= 0.3 is 12.1 Å². The van der Waals surface area contributed by atoms with Crippen molar-refractivity contribution in [2.75, 3.05) is 11.9 Å². The molecule has 0 bridgehead atoms. The van der Waals surface area contributed by atoms with Crippen molar-refractivity contribution in [2.45, 2.75) is 38.0 Å². The quantitative estimate of drug-likeness (QED) is 0.162. The van der Waals surface area contributed by atoms with Gasteiger partial charge in [0.15, 0.2) is 0 Å². The van der Waals surface area contributed by atoms with Gasteiger partial charge in [-0.25, -0.2) is 9.59 Å². The molecule has 8 nitrogen and oxygen atoms in total. The molecule has 42 heavy (non-hydrogen) atoms. The summed E-state index contributed by atoms with van der Waals surface area (Å²) in [4.78, 5) is 24.1. The Morgan fingerprint density at radius 1 is 0.929 bits per heavy atom. The summed E-state index contributed by atoms with van der Waals surface area (Å²) in [6.45, 7) is 0.487. The lowest BCUT2D eigenvalue weighted by atomic mass is 9.88. The number of aliphatic hydroxyl groups is 1. The molecule has 4 N–H and O–H groups in total. The maximum absolute atomic E-state index is 12.4. The Bertz CT molecular complexity index is 1560. The van der Waals surface area contributed by atoms with E-state index in [-0.39, 0.29) is 29.6 Å². The van der Waals surface area contributed by atoms with Crippen molar-refractivity contribution < 1.29 is 29.3 Å². The molecule has 4 aromatic rings. The number of halogens is 1. The van der Waals surface area contributed by atoms with E-state index in [9.17, 15) is 19.8 Å². The summed E-state index contributed by atoms with van der Waals surface area (Å²) in [5.41, 5.74) is 4.14. The highest BCUT2D eigenvalue weighted by atomic mass is 35.5. The highest BCUT2D eigenvalue weighted by Gasteiger charge is 2.21. The number of carbonyl (C=O) groups is 2. The highest BCUT2D eigenvalue weighted by Crippen LogP contribution is 2.31. The van der Waals surface area contributed by atoms with Gasteiger partial charge < -0.3 is 25.0 Å². The van der Waals surface area contributed by atoms with E-state index in [0.717, 1.165) is 36.0 Å². The van der Waals surface area contributed by atoms with Gasteiger partial charge in [-0.05, 0) is 77.9 Å². The Morgan fingerprint density at radius 2 is 1.76 bits per heavy atom. The molecule has 5 rings (SSSR count). The summed E-state index contributed by atoms with van der Waals surface area (Å²) in [6, 6.07) is 26.8.